The molecule has 0 spiro atoms. The summed E-state index contributed by atoms with van der Waals surface area (Å²) < 4.78 is 1.69. The first kappa shape index (κ1) is 27.3. The molecule has 0 N–H and O–H groups in total. The highest BCUT2D eigenvalue weighted by molar-refractivity contribution is 5.94. The maximum Gasteiger partial charge on any atom is 0.266 e. The first-order valence-corrected chi connectivity index (χ1v) is 14.3. The number of fused-ring (bicyclic) bond motifs is 2. The highest BCUT2D eigenvalue weighted by Gasteiger charge is 2.28. The Labute approximate surface area is 236 Å². The van der Waals surface area contributed by atoms with E-state index in [2.05, 4.69) is 39.0 Å². The van der Waals surface area contributed by atoms with Gasteiger partial charge in [-0.1, -0.05) is 81.8 Å². The molecule has 4 aromatic carbocycles. The molecule has 1 aromatic heterocycles. The summed E-state index contributed by atoms with van der Waals surface area (Å²) in [6.45, 7) is 8.90. The Balaban J connectivity index is 1.63. The first-order valence-electron chi connectivity index (χ1n) is 14.3. The summed E-state index contributed by atoms with van der Waals surface area (Å²) in [5.41, 5.74) is 3.11. The van der Waals surface area contributed by atoms with Gasteiger partial charge < -0.3 is 4.90 Å². The van der Waals surface area contributed by atoms with Crippen molar-refractivity contribution in [2.45, 2.75) is 53.0 Å². The van der Waals surface area contributed by atoms with Crippen molar-refractivity contribution in [1.82, 2.24) is 14.5 Å². The van der Waals surface area contributed by atoms with Crippen molar-refractivity contribution in [2.75, 3.05) is 6.54 Å². The van der Waals surface area contributed by atoms with Gasteiger partial charge in [0.1, 0.15) is 5.82 Å². The Morgan fingerprint density at radius 2 is 1.57 bits per heavy atom. The third kappa shape index (κ3) is 5.55. The highest BCUT2D eigenvalue weighted by Crippen LogP contribution is 2.27. The number of hydrogen-bond acceptors (Lipinski definition) is 3. The SMILES string of the molecule is CCCCc1ccc(C(=O)N(CC(C)C)C(C)c2nc3ccccc3c(=O)n2-c2ccc3ccccc3c2)cc1. The molecule has 0 saturated carbocycles. The van der Waals surface area contributed by atoms with Crippen molar-refractivity contribution in [2.24, 2.45) is 5.92 Å². The lowest BCUT2D eigenvalue weighted by atomic mass is 10.0. The average molecular weight is 532 g/mol. The fourth-order valence-corrected chi connectivity index (χ4v) is 5.31. The molecule has 5 heteroatoms. The smallest absolute Gasteiger partial charge is 0.266 e. The number of benzene rings is 4. The monoisotopic (exact) mass is 531 g/mol. The van der Waals surface area contributed by atoms with E-state index in [1.807, 2.05) is 84.6 Å². The van der Waals surface area contributed by atoms with Gasteiger partial charge in [-0.2, -0.15) is 0 Å². The van der Waals surface area contributed by atoms with Crippen LogP contribution in [0.2, 0.25) is 0 Å². The van der Waals surface area contributed by atoms with Crippen molar-refractivity contribution in [3.8, 4) is 5.69 Å². The van der Waals surface area contributed by atoms with Crippen LogP contribution in [0, 0.1) is 5.92 Å². The zero-order valence-corrected chi connectivity index (χ0v) is 23.8. The molecule has 0 saturated heterocycles. The lowest BCUT2D eigenvalue weighted by Gasteiger charge is -2.32. The normalized spacial score (nSPS) is 12.2. The molecule has 5 rings (SSSR count). The second-order valence-corrected chi connectivity index (χ2v) is 11.0. The van der Waals surface area contributed by atoms with Crippen molar-refractivity contribution in [3.05, 3.63) is 118 Å². The number of nitrogens with zero attached hydrogens (tertiary/aromatic N) is 3. The predicted molar refractivity (Wildman–Crippen MR) is 164 cm³/mol. The van der Waals surface area contributed by atoms with Gasteiger partial charge >= 0.3 is 0 Å². The topological polar surface area (TPSA) is 55.2 Å². The van der Waals surface area contributed by atoms with E-state index in [0.29, 0.717) is 28.8 Å². The Bertz CT molecular complexity index is 1700. The Morgan fingerprint density at radius 3 is 2.30 bits per heavy atom. The third-order valence-electron chi connectivity index (χ3n) is 7.48. The van der Waals surface area contributed by atoms with Crippen LogP contribution >= 0.6 is 0 Å². The van der Waals surface area contributed by atoms with E-state index in [1.165, 1.54) is 5.56 Å². The van der Waals surface area contributed by atoms with E-state index < -0.39 is 6.04 Å². The van der Waals surface area contributed by atoms with E-state index in [4.69, 9.17) is 4.98 Å². The van der Waals surface area contributed by atoms with Crippen LogP contribution in [0.4, 0.5) is 0 Å². The van der Waals surface area contributed by atoms with Crippen LogP contribution in [0.1, 0.15) is 68.3 Å². The summed E-state index contributed by atoms with van der Waals surface area (Å²) in [7, 11) is 0. The maximum absolute atomic E-state index is 14.0. The number of unbranched alkanes of at least 4 members (excludes halogenated alkanes) is 1. The van der Waals surface area contributed by atoms with Crippen molar-refractivity contribution in [3.63, 3.8) is 0 Å². The number of para-hydroxylation sites is 1. The van der Waals surface area contributed by atoms with Crippen LogP contribution in [-0.2, 0) is 6.42 Å². The van der Waals surface area contributed by atoms with Gasteiger partial charge in [0.05, 0.1) is 22.6 Å². The second kappa shape index (κ2) is 11.9. The van der Waals surface area contributed by atoms with Gasteiger partial charge in [-0.05, 0) is 78.4 Å². The Morgan fingerprint density at radius 1 is 0.875 bits per heavy atom. The molecule has 1 heterocycles. The van der Waals surface area contributed by atoms with Crippen LogP contribution < -0.4 is 5.56 Å². The summed E-state index contributed by atoms with van der Waals surface area (Å²) in [5.74, 6) is 0.722. The number of aryl methyl sites for hydroxylation is 1. The van der Waals surface area contributed by atoms with Crippen molar-refractivity contribution >= 4 is 27.6 Å². The number of rotatable bonds is 9. The van der Waals surface area contributed by atoms with E-state index in [-0.39, 0.29) is 17.4 Å². The summed E-state index contributed by atoms with van der Waals surface area (Å²) in [5, 5.41) is 2.69. The summed E-state index contributed by atoms with van der Waals surface area (Å²) in [6, 6.07) is 29.0. The minimum atomic E-state index is -0.446. The number of carbonyl (C=O) groups excluding carboxylic acids is 1. The van der Waals surface area contributed by atoms with E-state index >= 15 is 0 Å². The molecular formula is C35H37N3O2. The second-order valence-electron chi connectivity index (χ2n) is 11.0. The molecule has 0 radical (unpaired) electrons. The molecule has 5 nitrogen and oxygen atoms in total. The maximum atomic E-state index is 14.0. The predicted octanol–water partition coefficient (Wildman–Crippen LogP) is 7.74. The van der Waals surface area contributed by atoms with Crippen LogP contribution in [0.5, 0.6) is 0 Å². The zero-order valence-electron chi connectivity index (χ0n) is 23.8. The summed E-state index contributed by atoms with van der Waals surface area (Å²) in [6.07, 6.45) is 3.28. The molecule has 204 valence electrons. The molecule has 0 aliphatic heterocycles. The average Bonchev–Trinajstić information content (AvgIpc) is 2.98. The Hall–Kier alpha value is -4.25. The van der Waals surface area contributed by atoms with E-state index in [0.717, 1.165) is 35.7 Å². The quantitative estimate of drug-likeness (QED) is 0.195. The van der Waals surface area contributed by atoms with Gasteiger partial charge in [-0.15, -0.1) is 0 Å². The van der Waals surface area contributed by atoms with Gasteiger partial charge in [-0.25, -0.2) is 4.98 Å². The van der Waals surface area contributed by atoms with Gasteiger partial charge in [-0.3, -0.25) is 14.2 Å². The van der Waals surface area contributed by atoms with Crippen molar-refractivity contribution < 1.29 is 4.79 Å². The molecule has 0 fully saturated rings. The van der Waals surface area contributed by atoms with E-state index in [9.17, 15) is 9.59 Å². The lowest BCUT2D eigenvalue weighted by molar-refractivity contribution is 0.0655. The summed E-state index contributed by atoms with van der Waals surface area (Å²) >= 11 is 0. The lowest BCUT2D eigenvalue weighted by Crippen LogP contribution is -2.39. The Kier molecular flexibility index (Phi) is 8.11. The zero-order chi connectivity index (χ0) is 28.2. The number of amides is 1. The molecule has 1 amide bonds. The van der Waals surface area contributed by atoms with Crippen LogP contribution in [0.15, 0.2) is 95.8 Å². The van der Waals surface area contributed by atoms with Crippen LogP contribution in [-0.4, -0.2) is 26.9 Å². The van der Waals surface area contributed by atoms with Gasteiger partial charge in [0.15, 0.2) is 0 Å². The van der Waals surface area contributed by atoms with Crippen LogP contribution in [0.3, 0.4) is 0 Å². The molecule has 1 atom stereocenters. The van der Waals surface area contributed by atoms with Gasteiger partial charge in [0, 0.05) is 12.1 Å². The van der Waals surface area contributed by atoms with Gasteiger partial charge in [0.2, 0.25) is 0 Å². The summed E-state index contributed by atoms with van der Waals surface area (Å²) in [4.78, 5) is 34.9. The molecular weight excluding hydrogens is 494 g/mol. The molecule has 0 aliphatic rings. The number of carbonyl (C=O) groups is 1. The molecule has 5 aromatic rings. The third-order valence-corrected chi connectivity index (χ3v) is 7.48. The highest BCUT2D eigenvalue weighted by atomic mass is 16.2. The van der Waals surface area contributed by atoms with Crippen LogP contribution in [0.25, 0.3) is 27.4 Å². The fraction of sp³-hybridized carbons (Fsp3) is 0.286. The molecule has 1 unspecified atom stereocenters. The van der Waals surface area contributed by atoms with Crippen molar-refractivity contribution in [1.29, 1.82) is 0 Å². The number of hydrogen-bond donors (Lipinski definition) is 0. The number of aromatic nitrogens is 2. The van der Waals surface area contributed by atoms with Gasteiger partial charge in [0.25, 0.3) is 11.5 Å². The molecule has 0 bridgehead atoms. The fourth-order valence-electron chi connectivity index (χ4n) is 5.31. The molecule has 40 heavy (non-hydrogen) atoms. The van der Waals surface area contributed by atoms with E-state index in [1.54, 1.807) is 4.57 Å². The molecule has 0 aliphatic carbocycles. The standard InChI is InChI=1S/C35H37N3O2/c1-5-6-11-26-16-18-28(19-17-26)34(39)37(23-24(2)3)25(4)33-36-32-15-10-9-14-31(32)35(40)38(33)30-21-20-27-12-7-8-13-29(27)22-30/h7-10,12-22,24-25H,5-6,11,23H2,1-4H3. The minimum absolute atomic E-state index is 0.0595. The minimum Gasteiger partial charge on any atom is -0.328 e. The largest absolute Gasteiger partial charge is 0.328 e. The first-order chi connectivity index (χ1) is 19.4.